The van der Waals surface area contributed by atoms with E-state index < -0.39 is 0 Å². The van der Waals surface area contributed by atoms with Crippen LogP contribution in [0, 0.1) is 12.7 Å². The first kappa shape index (κ1) is 18.7. The van der Waals surface area contributed by atoms with Crippen molar-refractivity contribution in [3.05, 3.63) is 83.4 Å². The number of aromatic amines is 1. The molecule has 3 N–H and O–H groups in total. The predicted molar refractivity (Wildman–Crippen MR) is 115 cm³/mol. The Bertz CT molecular complexity index is 1170. The Morgan fingerprint density at radius 3 is 2.76 bits per heavy atom. The number of rotatable bonds is 6. The summed E-state index contributed by atoms with van der Waals surface area (Å²) < 4.78 is 13.5. The summed E-state index contributed by atoms with van der Waals surface area (Å²) >= 11 is 0. The lowest BCUT2D eigenvalue weighted by Crippen LogP contribution is -2.05. The second-order valence-corrected chi connectivity index (χ2v) is 6.87. The lowest BCUT2D eigenvalue weighted by atomic mass is 10.1. The van der Waals surface area contributed by atoms with Gasteiger partial charge >= 0.3 is 0 Å². The van der Waals surface area contributed by atoms with Gasteiger partial charge in [0.05, 0.1) is 11.3 Å². The largest absolute Gasteiger partial charge is 0.494 e. The number of hydrogen-bond acceptors (Lipinski definition) is 4. The molecule has 4 rings (SSSR count). The van der Waals surface area contributed by atoms with E-state index in [1.165, 1.54) is 17.7 Å². The van der Waals surface area contributed by atoms with E-state index >= 15 is 0 Å². The number of aromatic nitrogens is 2. The van der Waals surface area contributed by atoms with Gasteiger partial charge in [-0.3, -0.25) is 9.98 Å². The van der Waals surface area contributed by atoms with Crippen LogP contribution in [0.5, 0.6) is 5.88 Å². The predicted octanol–water partition coefficient (Wildman–Crippen LogP) is 5.12. The van der Waals surface area contributed by atoms with E-state index in [0.717, 1.165) is 29.9 Å². The smallest absolute Gasteiger partial charge is 0.198 e. The Kier molecular flexibility index (Phi) is 5.24. The molecule has 0 bridgehead atoms. The maximum absolute atomic E-state index is 13.5. The highest BCUT2D eigenvalue weighted by Crippen LogP contribution is 2.28. The minimum Gasteiger partial charge on any atom is -0.494 e. The van der Waals surface area contributed by atoms with Gasteiger partial charge in [-0.15, -0.1) is 0 Å². The fourth-order valence-corrected chi connectivity index (χ4v) is 3.26. The Hall–Kier alpha value is -3.67. The molecule has 5 nitrogen and oxygen atoms in total. The number of H-pyrrole nitrogens is 1. The Morgan fingerprint density at radius 2 is 1.97 bits per heavy atom. The van der Waals surface area contributed by atoms with Crippen LogP contribution in [0.4, 0.5) is 15.8 Å². The molecular formula is C23H21FN4O. The molecule has 0 unspecified atom stereocenters. The number of benzene rings is 2. The number of halogens is 1. The second-order valence-electron chi connectivity index (χ2n) is 6.87. The third kappa shape index (κ3) is 4.27. The zero-order valence-electron chi connectivity index (χ0n) is 16.0. The molecule has 29 heavy (non-hydrogen) atoms. The fraction of sp³-hybridized carbons (Fsp3) is 0.130. The number of fused-ring (bicyclic) bond motifs is 1. The van der Waals surface area contributed by atoms with Gasteiger partial charge in [0.25, 0.3) is 0 Å². The molecule has 2 aromatic carbocycles. The molecule has 0 saturated carbocycles. The summed E-state index contributed by atoms with van der Waals surface area (Å²) in [4.78, 5) is 11.3. The number of aromatic hydroxyl groups is 1. The lowest BCUT2D eigenvalue weighted by molar-refractivity contribution is 0.457. The van der Waals surface area contributed by atoms with Crippen LogP contribution in [-0.4, -0.2) is 27.8 Å². The molecule has 0 radical (unpaired) electrons. The molecule has 0 amide bonds. The number of pyridine rings is 1. The van der Waals surface area contributed by atoms with Crippen molar-refractivity contribution in [2.75, 3.05) is 11.9 Å². The van der Waals surface area contributed by atoms with Gasteiger partial charge in [0.1, 0.15) is 5.82 Å². The first-order valence-electron chi connectivity index (χ1n) is 9.38. The second kappa shape index (κ2) is 8.14. The number of aryl methyl sites for hydroxylation is 1. The van der Waals surface area contributed by atoms with Crippen LogP contribution in [0.2, 0.25) is 0 Å². The number of nitrogens with zero attached hydrogens (tertiary/aromatic N) is 2. The van der Waals surface area contributed by atoms with Crippen molar-refractivity contribution >= 4 is 28.5 Å². The van der Waals surface area contributed by atoms with Gasteiger partial charge in [-0.05, 0) is 73.0 Å². The molecule has 2 heterocycles. The lowest BCUT2D eigenvalue weighted by Gasteiger charge is -2.10. The number of anilines is 1. The van der Waals surface area contributed by atoms with Gasteiger partial charge in [0.15, 0.2) is 5.88 Å². The SMILES string of the molecule is Cc1cc(N=Cc2c(O)[nH]c3ccc(F)cc23)ccc1NCCc1ccncc1. The zero-order valence-corrected chi connectivity index (χ0v) is 16.0. The summed E-state index contributed by atoms with van der Waals surface area (Å²) in [5.74, 6) is -0.385. The average Bonchev–Trinajstić information content (AvgIpc) is 3.03. The quantitative estimate of drug-likeness (QED) is 0.401. The normalized spacial score (nSPS) is 11.4. The Morgan fingerprint density at radius 1 is 1.14 bits per heavy atom. The van der Waals surface area contributed by atoms with Crippen molar-refractivity contribution in [2.45, 2.75) is 13.3 Å². The van der Waals surface area contributed by atoms with Crippen molar-refractivity contribution in [1.29, 1.82) is 0 Å². The minimum absolute atomic E-state index is 0.0273. The van der Waals surface area contributed by atoms with Crippen LogP contribution in [-0.2, 0) is 6.42 Å². The summed E-state index contributed by atoms with van der Waals surface area (Å²) in [5.41, 5.74) is 5.25. The molecule has 6 heteroatoms. The molecule has 2 aromatic heterocycles. The van der Waals surface area contributed by atoms with E-state index in [2.05, 4.69) is 20.3 Å². The maximum atomic E-state index is 13.5. The Balaban J connectivity index is 1.47. The van der Waals surface area contributed by atoms with Gasteiger partial charge in [-0.1, -0.05) is 0 Å². The molecule has 4 aromatic rings. The van der Waals surface area contributed by atoms with Gasteiger partial charge in [0, 0.05) is 41.7 Å². The van der Waals surface area contributed by atoms with E-state index in [1.807, 2.05) is 37.3 Å². The monoisotopic (exact) mass is 388 g/mol. The topological polar surface area (TPSA) is 73.3 Å². The van der Waals surface area contributed by atoms with E-state index in [9.17, 15) is 9.50 Å². The Labute approximate surface area is 168 Å². The first-order chi connectivity index (χ1) is 14.1. The summed E-state index contributed by atoms with van der Waals surface area (Å²) in [6.07, 6.45) is 6.07. The van der Waals surface area contributed by atoms with Crippen LogP contribution >= 0.6 is 0 Å². The van der Waals surface area contributed by atoms with E-state index in [4.69, 9.17) is 0 Å². The summed E-state index contributed by atoms with van der Waals surface area (Å²) in [6, 6.07) is 14.2. The molecule has 0 atom stereocenters. The highest BCUT2D eigenvalue weighted by atomic mass is 19.1. The minimum atomic E-state index is -0.357. The highest BCUT2D eigenvalue weighted by Gasteiger charge is 2.09. The van der Waals surface area contributed by atoms with Crippen molar-refractivity contribution in [2.24, 2.45) is 4.99 Å². The van der Waals surface area contributed by atoms with Crippen molar-refractivity contribution in [3.63, 3.8) is 0 Å². The number of aliphatic imine (C=N–C) groups is 1. The van der Waals surface area contributed by atoms with Crippen LogP contribution in [0.1, 0.15) is 16.7 Å². The summed E-state index contributed by atoms with van der Waals surface area (Å²) in [6.45, 7) is 2.84. The third-order valence-electron chi connectivity index (χ3n) is 4.81. The highest BCUT2D eigenvalue weighted by molar-refractivity contribution is 6.02. The average molecular weight is 388 g/mol. The molecular weight excluding hydrogens is 367 g/mol. The molecule has 0 aliphatic carbocycles. The summed E-state index contributed by atoms with van der Waals surface area (Å²) in [7, 11) is 0. The van der Waals surface area contributed by atoms with Crippen molar-refractivity contribution in [3.8, 4) is 5.88 Å². The first-order valence-corrected chi connectivity index (χ1v) is 9.38. The van der Waals surface area contributed by atoms with Crippen LogP contribution in [0.25, 0.3) is 10.9 Å². The van der Waals surface area contributed by atoms with Crippen LogP contribution in [0.15, 0.2) is 65.9 Å². The maximum Gasteiger partial charge on any atom is 0.198 e. The summed E-state index contributed by atoms with van der Waals surface area (Å²) in [5, 5.41) is 14.1. The molecule has 0 fully saturated rings. The molecule has 146 valence electrons. The molecule has 0 spiro atoms. The van der Waals surface area contributed by atoms with Gasteiger partial charge < -0.3 is 15.4 Å². The van der Waals surface area contributed by atoms with E-state index in [1.54, 1.807) is 24.7 Å². The van der Waals surface area contributed by atoms with E-state index in [-0.39, 0.29) is 11.7 Å². The molecule has 0 aliphatic heterocycles. The number of nitrogens with one attached hydrogen (secondary N) is 2. The van der Waals surface area contributed by atoms with Gasteiger partial charge in [-0.25, -0.2) is 4.39 Å². The van der Waals surface area contributed by atoms with Crippen LogP contribution in [0.3, 0.4) is 0 Å². The number of hydrogen-bond donors (Lipinski definition) is 3. The van der Waals surface area contributed by atoms with Gasteiger partial charge in [0.2, 0.25) is 0 Å². The molecule has 0 aliphatic rings. The van der Waals surface area contributed by atoms with Crippen molar-refractivity contribution < 1.29 is 9.50 Å². The fourth-order valence-electron chi connectivity index (χ4n) is 3.26. The van der Waals surface area contributed by atoms with Gasteiger partial charge in [-0.2, -0.15) is 0 Å². The standard InChI is InChI=1S/C23H21FN4O/c1-15-12-18(3-5-21(15)26-11-8-16-6-9-25-10-7-16)27-14-20-19-13-17(24)2-4-22(19)28-23(20)29/h2-7,9-10,12-14,26,28-29H,8,11H2,1H3. The van der Waals surface area contributed by atoms with E-state index in [0.29, 0.717) is 16.5 Å². The van der Waals surface area contributed by atoms with Crippen LogP contribution < -0.4 is 5.32 Å². The molecule has 0 saturated heterocycles. The van der Waals surface area contributed by atoms with Crippen molar-refractivity contribution in [1.82, 2.24) is 9.97 Å². The zero-order chi connectivity index (χ0) is 20.2. The third-order valence-corrected chi connectivity index (χ3v) is 4.81.